The van der Waals surface area contributed by atoms with Crippen molar-refractivity contribution in [3.8, 4) is 11.8 Å². The van der Waals surface area contributed by atoms with Crippen LogP contribution in [0.1, 0.15) is 42.3 Å². The fourth-order valence-electron chi connectivity index (χ4n) is 3.28. The quantitative estimate of drug-likeness (QED) is 0.675. The van der Waals surface area contributed by atoms with Crippen molar-refractivity contribution in [2.75, 3.05) is 13.2 Å². The summed E-state index contributed by atoms with van der Waals surface area (Å²) in [5.41, 5.74) is 1.97. The fraction of sp³-hybridized carbons (Fsp3) is 0.368. The number of ether oxygens (including phenoxy) is 1. The van der Waals surface area contributed by atoms with Crippen molar-refractivity contribution in [3.63, 3.8) is 0 Å². The number of aliphatic hydroxyl groups is 1. The van der Waals surface area contributed by atoms with Crippen LogP contribution in [-0.2, 0) is 16.7 Å². The van der Waals surface area contributed by atoms with Crippen LogP contribution in [0.5, 0.6) is 0 Å². The largest absolute Gasteiger partial charge is 0.462 e. The Morgan fingerprint density at radius 1 is 1.42 bits per heavy atom. The minimum atomic E-state index is -0.607. The zero-order valence-corrected chi connectivity index (χ0v) is 14.0. The Bertz CT molecular complexity index is 957. The van der Waals surface area contributed by atoms with E-state index < -0.39 is 5.97 Å². The molecule has 3 rings (SSSR count). The minimum absolute atomic E-state index is 0.0394. The van der Waals surface area contributed by atoms with Gasteiger partial charge in [0.25, 0.3) is 0 Å². The highest BCUT2D eigenvalue weighted by Gasteiger charge is 2.32. The molecular weight excluding hydrogens is 306 g/mol. The first-order valence-electron chi connectivity index (χ1n) is 7.88. The predicted octanol–water partition coefficient (Wildman–Crippen LogP) is 1.81. The molecule has 24 heavy (non-hydrogen) atoms. The van der Waals surface area contributed by atoms with Gasteiger partial charge in [-0.25, -0.2) is 4.79 Å². The fourth-order valence-corrected chi connectivity index (χ4v) is 3.28. The SMILES string of the molecule is CCOC(=O)c1cn2c3c(cc(C#CCO)cc3c1=O)CC2(C)C. The van der Waals surface area contributed by atoms with E-state index in [4.69, 9.17) is 9.84 Å². The molecule has 0 saturated carbocycles. The summed E-state index contributed by atoms with van der Waals surface area (Å²) in [5.74, 6) is 4.84. The van der Waals surface area contributed by atoms with Gasteiger partial charge in [-0.1, -0.05) is 11.8 Å². The van der Waals surface area contributed by atoms with Gasteiger partial charge in [0.15, 0.2) is 0 Å². The zero-order chi connectivity index (χ0) is 17.5. The summed E-state index contributed by atoms with van der Waals surface area (Å²) in [5, 5.41) is 9.35. The average Bonchev–Trinajstić information content (AvgIpc) is 2.78. The number of carbonyl (C=O) groups is 1. The summed E-state index contributed by atoms with van der Waals surface area (Å²) in [7, 11) is 0. The molecule has 0 bridgehead atoms. The van der Waals surface area contributed by atoms with Crippen LogP contribution < -0.4 is 5.43 Å². The van der Waals surface area contributed by atoms with Gasteiger partial charge in [-0.2, -0.15) is 0 Å². The molecule has 0 saturated heterocycles. The summed E-state index contributed by atoms with van der Waals surface area (Å²) in [6, 6.07) is 3.63. The maximum atomic E-state index is 12.8. The van der Waals surface area contributed by atoms with Gasteiger partial charge in [0.1, 0.15) is 12.2 Å². The number of hydrogen-bond acceptors (Lipinski definition) is 4. The van der Waals surface area contributed by atoms with Crippen molar-refractivity contribution in [1.82, 2.24) is 4.57 Å². The lowest BCUT2D eigenvalue weighted by molar-refractivity contribution is 0.0524. The average molecular weight is 325 g/mol. The van der Waals surface area contributed by atoms with Crippen LogP contribution in [0.2, 0.25) is 0 Å². The molecule has 0 aliphatic carbocycles. The van der Waals surface area contributed by atoms with Gasteiger partial charge in [0.05, 0.1) is 12.1 Å². The first-order chi connectivity index (χ1) is 11.4. The molecule has 2 heterocycles. The van der Waals surface area contributed by atoms with E-state index in [1.54, 1.807) is 19.2 Å². The number of hydrogen-bond donors (Lipinski definition) is 1. The van der Waals surface area contributed by atoms with Crippen LogP contribution in [0.25, 0.3) is 10.9 Å². The highest BCUT2D eigenvalue weighted by atomic mass is 16.5. The maximum absolute atomic E-state index is 12.8. The van der Waals surface area contributed by atoms with Crippen LogP contribution in [-0.4, -0.2) is 28.9 Å². The summed E-state index contributed by atoms with van der Waals surface area (Å²) in [6.45, 7) is 5.80. The number of benzene rings is 1. The van der Waals surface area contributed by atoms with Gasteiger partial charge in [-0.05, 0) is 44.9 Å². The van der Waals surface area contributed by atoms with Crippen LogP contribution in [0.15, 0.2) is 23.1 Å². The van der Waals surface area contributed by atoms with Crippen LogP contribution in [0.3, 0.4) is 0 Å². The molecule has 5 heteroatoms. The molecular formula is C19H19NO4. The lowest BCUT2D eigenvalue weighted by atomic mass is 9.98. The summed E-state index contributed by atoms with van der Waals surface area (Å²) in [4.78, 5) is 25.0. The smallest absolute Gasteiger partial charge is 0.343 e. The third-order valence-electron chi connectivity index (χ3n) is 4.26. The Labute approximate surface area is 139 Å². The molecule has 0 spiro atoms. The predicted molar refractivity (Wildman–Crippen MR) is 91.2 cm³/mol. The van der Waals surface area contributed by atoms with Crippen molar-refractivity contribution < 1.29 is 14.6 Å². The van der Waals surface area contributed by atoms with Crippen molar-refractivity contribution in [2.24, 2.45) is 0 Å². The van der Waals surface area contributed by atoms with Gasteiger partial charge < -0.3 is 14.4 Å². The summed E-state index contributed by atoms with van der Waals surface area (Å²) in [6.07, 6.45) is 2.35. The zero-order valence-electron chi connectivity index (χ0n) is 14.0. The number of nitrogens with zero attached hydrogens (tertiary/aromatic N) is 1. The molecule has 1 aliphatic heterocycles. The Morgan fingerprint density at radius 2 is 2.17 bits per heavy atom. The molecule has 0 atom stereocenters. The number of pyridine rings is 1. The highest BCUT2D eigenvalue weighted by molar-refractivity contribution is 5.95. The molecule has 2 aromatic rings. The van der Waals surface area contributed by atoms with Crippen LogP contribution in [0, 0.1) is 11.8 Å². The Balaban J connectivity index is 2.35. The molecule has 124 valence electrons. The van der Waals surface area contributed by atoms with Gasteiger partial charge in [-0.3, -0.25) is 4.79 Å². The number of carbonyl (C=O) groups excluding carboxylic acids is 1. The Morgan fingerprint density at radius 3 is 2.83 bits per heavy atom. The second kappa shape index (κ2) is 5.81. The lowest BCUT2D eigenvalue weighted by Gasteiger charge is -2.23. The van der Waals surface area contributed by atoms with Gasteiger partial charge in [-0.15, -0.1) is 0 Å². The standard InChI is InChI=1S/C19H19NO4/c1-4-24-18(23)15-11-20-16-13(10-19(20,2)3)8-12(6-5-7-21)9-14(16)17(15)22/h8-9,11,21H,4,7,10H2,1-3H3. The van der Waals surface area contributed by atoms with Crippen molar-refractivity contribution in [3.05, 3.63) is 45.2 Å². The molecule has 1 aliphatic rings. The van der Waals surface area contributed by atoms with Crippen molar-refractivity contribution in [2.45, 2.75) is 32.7 Å². The van der Waals surface area contributed by atoms with Crippen molar-refractivity contribution >= 4 is 16.9 Å². The lowest BCUT2D eigenvalue weighted by Crippen LogP contribution is -2.27. The van der Waals surface area contributed by atoms with Gasteiger partial charge in [0, 0.05) is 22.7 Å². The van der Waals surface area contributed by atoms with E-state index in [0.29, 0.717) is 10.9 Å². The second-order valence-corrected chi connectivity index (χ2v) is 6.44. The van der Waals surface area contributed by atoms with Crippen LogP contribution >= 0.6 is 0 Å². The van der Waals surface area contributed by atoms with E-state index >= 15 is 0 Å². The Hall–Kier alpha value is -2.58. The summed E-state index contributed by atoms with van der Waals surface area (Å²) >= 11 is 0. The number of esters is 1. The monoisotopic (exact) mass is 325 g/mol. The molecule has 5 nitrogen and oxygen atoms in total. The van der Waals surface area contributed by atoms with E-state index in [1.807, 2.05) is 10.6 Å². The molecule has 0 fully saturated rings. The summed E-state index contributed by atoms with van der Waals surface area (Å²) < 4.78 is 7.00. The number of rotatable bonds is 2. The van der Waals surface area contributed by atoms with E-state index in [2.05, 4.69) is 25.7 Å². The first kappa shape index (κ1) is 16.3. The molecule has 0 unspecified atom stereocenters. The van der Waals surface area contributed by atoms with Crippen molar-refractivity contribution in [1.29, 1.82) is 0 Å². The minimum Gasteiger partial charge on any atom is -0.462 e. The third-order valence-corrected chi connectivity index (χ3v) is 4.26. The van der Waals surface area contributed by atoms with Gasteiger partial charge >= 0.3 is 5.97 Å². The highest BCUT2D eigenvalue weighted by Crippen LogP contribution is 2.36. The van der Waals surface area contributed by atoms with E-state index in [0.717, 1.165) is 17.5 Å². The van der Waals surface area contributed by atoms with E-state index in [1.165, 1.54) is 0 Å². The molecule has 0 amide bonds. The third kappa shape index (κ3) is 2.49. The number of aliphatic hydroxyl groups excluding tert-OH is 1. The second-order valence-electron chi connectivity index (χ2n) is 6.44. The first-order valence-corrected chi connectivity index (χ1v) is 7.88. The molecule has 1 aromatic heterocycles. The topological polar surface area (TPSA) is 68.5 Å². The molecule has 1 aromatic carbocycles. The van der Waals surface area contributed by atoms with E-state index in [-0.39, 0.29) is 29.7 Å². The normalized spacial score (nSPS) is 14.3. The molecule has 0 radical (unpaired) electrons. The van der Waals surface area contributed by atoms with E-state index in [9.17, 15) is 9.59 Å². The van der Waals surface area contributed by atoms with Gasteiger partial charge in [0.2, 0.25) is 5.43 Å². The van der Waals surface area contributed by atoms with Crippen LogP contribution in [0.4, 0.5) is 0 Å². The molecule has 1 N–H and O–H groups in total. The maximum Gasteiger partial charge on any atom is 0.343 e. The number of aromatic nitrogens is 1. The Kier molecular flexibility index (Phi) is 3.94.